The van der Waals surface area contributed by atoms with E-state index >= 15 is 0 Å². The van der Waals surface area contributed by atoms with Crippen LogP contribution in [0.5, 0.6) is 5.75 Å². The van der Waals surface area contributed by atoms with Gasteiger partial charge in [0.25, 0.3) is 5.24 Å². The first kappa shape index (κ1) is 34.1. The van der Waals surface area contributed by atoms with Crippen molar-refractivity contribution in [3.05, 3.63) is 162 Å². The minimum absolute atomic E-state index is 0.172. The van der Waals surface area contributed by atoms with Crippen LogP contribution in [-0.2, 0) is 20.2 Å². The Morgan fingerprint density at radius 2 is 1.47 bits per heavy atom. The number of allylic oxidation sites excluding steroid dienone is 1. The molecule has 5 aromatic carbocycles. The first-order valence-corrected chi connectivity index (χ1v) is 17.9. The Morgan fingerprint density at radius 3 is 2.12 bits per heavy atom. The molecule has 1 aliphatic rings. The van der Waals surface area contributed by atoms with E-state index in [0.717, 1.165) is 34.0 Å². The summed E-state index contributed by atoms with van der Waals surface area (Å²) in [6.07, 6.45) is 3.18. The summed E-state index contributed by atoms with van der Waals surface area (Å²) in [7, 11) is -0.725. The molecule has 2 atom stereocenters. The number of hydrogen-bond donors (Lipinski definition) is 0. The monoisotopic (exact) mass is 693 g/mol. The van der Waals surface area contributed by atoms with Crippen molar-refractivity contribution in [3.63, 3.8) is 0 Å². The quantitative estimate of drug-likeness (QED) is 0.0732. The third kappa shape index (κ3) is 7.61. The van der Waals surface area contributed by atoms with Crippen molar-refractivity contribution < 1.29 is 32.3 Å². The predicted octanol–water partition coefficient (Wildman–Crippen LogP) is 9.41. The predicted molar refractivity (Wildman–Crippen MR) is 192 cm³/mol. The van der Waals surface area contributed by atoms with Crippen LogP contribution in [0.1, 0.15) is 27.5 Å². The summed E-state index contributed by atoms with van der Waals surface area (Å²) >= 11 is 1.13. The van der Waals surface area contributed by atoms with Gasteiger partial charge in [0.2, 0.25) is 0 Å². The molecule has 1 saturated heterocycles. The van der Waals surface area contributed by atoms with Gasteiger partial charge in [-0.15, -0.1) is 0 Å². The number of benzene rings is 5. The van der Waals surface area contributed by atoms with E-state index in [1.165, 1.54) is 44.6 Å². The van der Waals surface area contributed by atoms with Crippen molar-refractivity contribution >= 4 is 41.4 Å². The fourth-order valence-corrected chi connectivity index (χ4v) is 7.85. The zero-order valence-corrected chi connectivity index (χ0v) is 28.5. The van der Waals surface area contributed by atoms with E-state index in [9.17, 15) is 18.5 Å². The molecule has 0 saturated carbocycles. The Hall–Kier alpha value is -4.79. The number of para-hydroxylation sites is 1. The van der Waals surface area contributed by atoms with Crippen LogP contribution in [0.3, 0.4) is 0 Å². The number of nitrogens with zero attached hydrogens (tertiary/aromatic N) is 1. The highest BCUT2D eigenvalue weighted by molar-refractivity contribution is 8.15. The molecular formula is C39H33FNO6PS. The van der Waals surface area contributed by atoms with Gasteiger partial charge in [0, 0.05) is 31.0 Å². The highest BCUT2D eigenvalue weighted by Crippen LogP contribution is 2.49. The molecule has 0 spiro atoms. The van der Waals surface area contributed by atoms with Crippen LogP contribution in [0, 0.1) is 5.82 Å². The lowest BCUT2D eigenvalue weighted by molar-refractivity contribution is 0.104. The zero-order valence-electron chi connectivity index (χ0n) is 26.8. The average molecular weight is 694 g/mol. The molecule has 248 valence electrons. The van der Waals surface area contributed by atoms with E-state index in [1.807, 2.05) is 91.0 Å². The van der Waals surface area contributed by atoms with Crippen molar-refractivity contribution in [2.24, 2.45) is 0 Å². The minimum Gasteiger partial charge on any atom is -0.489 e. The Morgan fingerprint density at radius 1 is 0.837 bits per heavy atom. The van der Waals surface area contributed by atoms with Gasteiger partial charge in [-0.1, -0.05) is 90.6 Å². The molecule has 0 aliphatic carbocycles. The van der Waals surface area contributed by atoms with E-state index in [1.54, 1.807) is 23.1 Å². The lowest BCUT2D eigenvalue weighted by atomic mass is 9.95. The van der Waals surface area contributed by atoms with Crippen LogP contribution in [0.15, 0.2) is 140 Å². The molecule has 1 amide bonds. The maximum absolute atomic E-state index is 13.7. The summed E-state index contributed by atoms with van der Waals surface area (Å²) in [5.74, 6) is -0.159. The van der Waals surface area contributed by atoms with Crippen LogP contribution in [0.25, 0.3) is 11.1 Å². The first-order valence-electron chi connectivity index (χ1n) is 15.5. The smallest absolute Gasteiger partial charge is 0.360 e. The number of hydrogen-bond acceptors (Lipinski definition) is 7. The van der Waals surface area contributed by atoms with Crippen molar-refractivity contribution in [3.8, 4) is 16.9 Å². The number of rotatable bonds is 12. The number of amides is 1. The number of thioether (sulfide) groups is 1. The van der Waals surface area contributed by atoms with Crippen molar-refractivity contribution in [1.82, 2.24) is 0 Å². The van der Waals surface area contributed by atoms with Crippen LogP contribution < -0.4 is 14.9 Å². The molecule has 0 aromatic heterocycles. The molecule has 49 heavy (non-hydrogen) atoms. The highest BCUT2D eigenvalue weighted by Gasteiger charge is 2.43. The standard InChI is InChI=1S/C39H33FNO6PS/c1-45-48(44,46-2)33-20-15-28(16-21-33)30-17-22-34(36(25-30)47-26-27-9-5-3-6-10-27)38-37(24-23-35(42)29-13-18-31(40)19-14-29)49-39(43)41(38)32-11-7-4-8-12-32/h3-25,37-38H,26H2,1-2H3/b24-23+/t37-,38-/m1/s1. The second-order valence-electron chi connectivity index (χ2n) is 11.2. The molecule has 5 aromatic rings. The topological polar surface area (TPSA) is 82.1 Å². The summed E-state index contributed by atoms with van der Waals surface area (Å²) in [5, 5.41) is -0.198. The molecule has 1 heterocycles. The first-order chi connectivity index (χ1) is 23.8. The molecule has 0 unspecified atom stereocenters. The summed E-state index contributed by atoms with van der Waals surface area (Å²) in [6, 6.07) is 36.9. The van der Waals surface area contributed by atoms with Gasteiger partial charge >= 0.3 is 7.60 Å². The van der Waals surface area contributed by atoms with Gasteiger partial charge in [-0.3, -0.25) is 19.1 Å². The van der Waals surface area contributed by atoms with Gasteiger partial charge in [-0.25, -0.2) is 4.39 Å². The molecular weight excluding hydrogens is 660 g/mol. The number of ketones is 1. The number of carbonyl (C=O) groups excluding carboxylic acids is 2. The van der Waals surface area contributed by atoms with Gasteiger partial charge in [0.15, 0.2) is 5.78 Å². The molecule has 1 fully saturated rings. The Bertz CT molecular complexity index is 2000. The van der Waals surface area contributed by atoms with E-state index in [2.05, 4.69) is 0 Å². The van der Waals surface area contributed by atoms with Gasteiger partial charge in [-0.05, 0) is 77.4 Å². The fourth-order valence-electron chi connectivity index (χ4n) is 5.65. The molecule has 10 heteroatoms. The maximum atomic E-state index is 13.7. The fraction of sp³-hybridized carbons (Fsp3) is 0.128. The number of carbonyl (C=O) groups is 2. The van der Waals surface area contributed by atoms with E-state index in [4.69, 9.17) is 13.8 Å². The number of halogens is 1. The number of ether oxygens (including phenoxy) is 1. The molecule has 6 rings (SSSR count). The largest absolute Gasteiger partial charge is 0.489 e. The molecule has 1 aliphatic heterocycles. The van der Waals surface area contributed by atoms with Crippen LogP contribution in [-0.4, -0.2) is 30.5 Å². The Balaban J connectivity index is 1.42. The zero-order chi connectivity index (χ0) is 34.4. The van der Waals surface area contributed by atoms with Crippen LogP contribution in [0.2, 0.25) is 0 Å². The summed E-state index contributed by atoms with van der Waals surface area (Å²) < 4.78 is 43.2. The summed E-state index contributed by atoms with van der Waals surface area (Å²) in [5.41, 5.74) is 4.46. The van der Waals surface area contributed by atoms with Crippen molar-refractivity contribution in [2.45, 2.75) is 17.9 Å². The van der Waals surface area contributed by atoms with Crippen LogP contribution in [0.4, 0.5) is 14.9 Å². The lowest BCUT2D eigenvalue weighted by Gasteiger charge is -2.28. The summed E-state index contributed by atoms with van der Waals surface area (Å²) in [6.45, 7) is 0.282. The SMILES string of the molecule is COP(=O)(OC)c1ccc(-c2ccc([C@@H]3[C@@H](/C=C/C(=O)c4ccc(F)cc4)SC(=O)N3c3ccccc3)c(OCc3ccccc3)c2)cc1. The van der Waals surface area contributed by atoms with E-state index < -0.39 is 24.7 Å². The third-order valence-corrected chi connectivity index (χ3v) is 11.2. The summed E-state index contributed by atoms with van der Waals surface area (Å²) in [4.78, 5) is 28.5. The van der Waals surface area contributed by atoms with Gasteiger partial charge < -0.3 is 13.8 Å². The van der Waals surface area contributed by atoms with E-state index in [0.29, 0.717) is 22.3 Å². The van der Waals surface area contributed by atoms with Gasteiger partial charge in [0.1, 0.15) is 18.2 Å². The van der Waals surface area contributed by atoms with E-state index in [-0.39, 0.29) is 17.6 Å². The maximum Gasteiger partial charge on any atom is 0.360 e. The highest BCUT2D eigenvalue weighted by atomic mass is 32.2. The second-order valence-corrected chi connectivity index (χ2v) is 14.5. The Kier molecular flexibility index (Phi) is 10.6. The molecule has 0 bridgehead atoms. The van der Waals surface area contributed by atoms with Crippen molar-refractivity contribution in [2.75, 3.05) is 19.1 Å². The molecule has 0 radical (unpaired) electrons. The normalized spacial score (nSPS) is 16.3. The van der Waals surface area contributed by atoms with Gasteiger partial charge in [0.05, 0.1) is 16.6 Å². The van der Waals surface area contributed by atoms with Gasteiger partial charge in [-0.2, -0.15) is 0 Å². The molecule has 7 nitrogen and oxygen atoms in total. The minimum atomic E-state index is -3.42. The molecule has 0 N–H and O–H groups in total. The second kappa shape index (κ2) is 15.2. The van der Waals surface area contributed by atoms with Crippen LogP contribution >= 0.6 is 19.4 Å². The lowest BCUT2D eigenvalue weighted by Crippen LogP contribution is -2.29. The average Bonchev–Trinajstić information content (AvgIpc) is 3.48. The number of anilines is 1. The third-order valence-electron chi connectivity index (χ3n) is 8.19. The van der Waals surface area contributed by atoms with Crippen molar-refractivity contribution in [1.29, 1.82) is 0 Å². The Labute approximate surface area is 288 Å².